The van der Waals surface area contributed by atoms with Gasteiger partial charge in [0.05, 0.1) is 5.39 Å². The minimum Gasteiger partial charge on any atom is -0.324 e. The number of fused-ring (bicyclic) bond motifs is 2. The van der Waals surface area contributed by atoms with Gasteiger partial charge in [-0.1, -0.05) is 18.2 Å². The molecule has 2 aromatic carbocycles. The van der Waals surface area contributed by atoms with E-state index < -0.39 is 0 Å². The number of nitrogens with one attached hydrogen (secondary N) is 1. The standard InChI is InChI=1S/C30H33N5O/c1-20(2)34-15-12-23(13-16-34)22-6-9-25(10-7-22)32-30-31-19-27-28(36)14-17-35(29(27)33-30)26-11-8-21-4-3-5-24(21)18-26/h6-11,14,17-20,23H,3-5,12-13,15-16H2,1-2H3,(H,31,32,33). The van der Waals surface area contributed by atoms with Crippen LogP contribution in [0.15, 0.2) is 65.7 Å². The second-order valence-corrected chi connectivity index (χ2v) is 10.4. The Bertz CT molecular complexity index is 1450. The first-order valence-electron chi connectivity index (χ1n) is 13.2. The fraction of sp³-hybridized carbons (Fsp3) is 0.367. The number of piperidine rings is 1. The first kappa shape index (κ1) is 22.9. The first-order chi connectivity index (χ1) is 17.5. The molecule has 1 fully saturated rings. The Labute approximate surface area is 212 Å². The molecule has 4 aromatic rings. The van der Waals surface area contributed by atoms with Gasteiger partial charge in [0.15, 0.2) is 11.1 Å². The van der Waals surface area contributed by atoms with E-state index in [4.69, 9.17) is 4.98 Å². The zero-order chi connectivity index (χ0) is 24.6. The highest BCUT2D eigenvalue weighted by Crippen LogP contribution is 2.30. The Kier molecular flexibility index (Phi) is 6.05. The third kappa shape index (κ3) is 4.42. The van der Waals surface area contributed by atoms with E-state index in [-0.39, 0.29) is 5.43 Å². The third-order valence-corrected chi connectivity index (χ3v) is 7.90. The molecular formula is C30H33N5O. The monoisotopic (exact) mass is 479 g/mol. The molecular weight excluding hydrogens is 446 g/mol. The Morgan fingerprint density at radius 2 is 1.75 bits per heavy atom. The van der Waals surface area contributed by atoms with Gasteiger partial charge in [-0.25, -0.2) is 4.98 Å². The summed E-state index contributed by atoms with van der Waals surface area (Å²) >= 11 is 0. The summed E-state index contributed by atoms with van der Waals surface area (Å²) in [7, 11) is 0. The molecule has 36 heavy (non-hydrogen) atoms. The predicted octanol–water partition coefficient (Wildman–Crippen LogP) is 5.60. The SMILES string of the molecule is CC(C)N1CCC(c2ccc(Nc3ncc4c(=O)ccn(-c5ccc6c(c5)CCC6)c4n3)cc2)CC1. The van der Waals surface area contributed by atoms with Crippen molar-refractivity contribution >= 4 is 22.7 Å². The second-order valence-electron chi connectivity index (χ2n) is 10.4. The van der Waals surface area contributed by atoms with Crippen molar-refractivity contribution in [2.75, 3.05) is 18.4 Å². The van der Waals surface area contributed by atoms with E-state index in [2.05, 4.69) is 71.5 Å². The van der Waals surface area contributed by atoms with Crippen LogP contribution >= 0.6 is 0 Å². The molecule has 1 aliphatic carbocycles. The molecule has 0 unspecified atom stereocenters. The van der Waals surface area contributed by atoms with Gasteiger partial charge in [-0.15, -0.1) is 0 Å². The van der Waals surface area contributed by atoms with Gasteiger partial charge >= 0.3 is 0 Å². The van der Waals surface area contributed by atoms with E-state index in [1.165, 1.54) is 49.0 Å². The maximum atomic E-state index is 12.5. The molecule has 0 radical (unpaired) electrons. The molecule has 0 atom stereocenters. The largest absolute Gasteiger partial charge is 0.324 e. The minimum atomic E-state index is -0.0678. The van der Waals surface area contributed by atoms with Gasteiger partial charge in [0, 0.05) is 35.9 Å². The summed E-state index contributed by atoms with van der Waals surface area (Å²) < 4.78 is 1.99. The van der Waals surface area contributed by atoms with Crippen LogP contribution in [0.2, 0.25) is 0 Å². The van der Waals surface area contributed by atoms with Crippen LogP contribution in [0.25, 0.3) is 16.7 Å². The zero-order valence-corrected chi connectivity index (χ0v) is 21.1. The molecule has 1 N–H and O–H groups in total. The van der Waals surface area contributed by atoms with E-state index in [0.717, 1.165) is 24.2 Å². The number of rotatable bonds is 5. The summed E-state index contributed by atoms with van der Waals surface area (Å²) in [6.45, 7) is 6.89. The lowest BCUT2D eigenvalue weighted by Crippen LogP contribution is -2.37. The second kappa shape index (κ2) is 9.51. The molecule has 2 aromatic heterocycles. The average molecular weight is 480 g/mol. The molecule has 0 saturated carbocycles. The summed E-state index contributed by atoms with van der Waals surface area (Å²) in [5.41, 5.74) is 6.73. The van der Waals surface area contributed by atoms with Gasteiger partial charge in [0.2, 0.25) is 5.95 Å². The van der Waals surface area contributed by atoms with Crippen molar-refractivity contribution in [2.45, 2.75) is 57.9 Å². The van der Waals surface area contributed by atoms with Crippen molar-refractivity contribution in [1.82, 2.24) is 19.4 Å². The van der Waals surface area contributed by atoms with Crippen LogP contribution in [0, 0.1) is 0 Å². The fourth-order valence-corrected chi connectivity index (χ4v) is 5.73. The average Bonchev–Trinajstić information content (AvgIpc) is 3.37. The summed E-state index contributed by atoms with van der Waals surface area (Å²) in [5.74, 6) is 1.11. The predicted molar refractivity (Wildman–Crippen MR) is 146 cm³/mol. The Hall–Kier alpha value is -3.51. The summed E-state index contributed by atoms with van der Waals surface area (Å²) in [4.78, 5) is 24.3. The van der Waals surface area contributed by atoms with Gasteiger partial charge < -0.3 is 14.8 Å². The van der Waals surface area contributed by atoms with Crippen LogP contribution in [-0.4, -0.2) is 38.6 Å². The summed E-state index contributed by atoms with van der Waals surface area (Å²) in [6.07, 6.45) is 9.32. The van der Waals surface area contributed by atoms with Crippen LogP contribution in [-0.2, 0) is 12.8 Å². The molecule has 0 amide bonds. The number of likely N-dealkylation sites (tertiary alicyclic amines) is 1. The lowest BCUT2D eigenvalue weighted by atomic mass is 9.89. The van der Waals surface area contributed by atoms with Gasteiger partial charge in [0.25, 0.3) is 0 Å². The quantitative estimate of drug-likeness (QED) is 0.404. The first-order valence-corrected chi connectivity index (χ1v) is 13.2. The lowest BCUT2D eigenvalue weighted by molar-refractivity contribution is 0.172. The van der Waals surface area contributed by atoms with Crippen molar-refractivity contribution in [1.29, 1.82) is 0 Å². The van der Waals surface area contributed by atoms with Crippen LogP contribution in [0.3, 0.4) is 0 Å². The Morgan fingerprint density at radius 1 is 0.972 bits per heavy atom. The number of benzene rings is 2. The fourth-order valence-electron chi connectivity index (χ4n) is 5.73. The van der Waals surface area contributed by atoms with E-state index in [0.29, 0.717) is 28.9 Å². The number of nitrogens with zero attached hydrogens (tertiary/aromatic N) is 4. The van der Waals surface area contributed by atoms with Crippen molar-refractivity contribution in [3.05, 3.63) is 87.8 Å². The molecule has 6 nitrogen and oxygen atoms in total. The Morgan fingerprint density at radius 3 is 2.53 bits per heavy atom. The van der Waals surface area contributed by atoms with E-state index in [1.807, 2.05) is 10.8 Å². The van der Waals surface area contributed by atoms with Crippen molar-refractivity contribution < 1.29 is 0 Å². The highest BCUT2D eigenvalue weighted by Gasteiger charge is 2.22. The van der Waals surface area contributed by atoms with E-state index in [9.17, 15) is 4.79 Å². The number of pyridine rings is 1. The molecule has 0 bridgehead atoms. The molecule has 2 aliphatic rings. The lowest BCUT2D eigenvalue weighted by Gasteiger charge is -2.34. The van der Waals surface area contributed by atoms with Crippen LogP contribution in [0.1, 0.15) is 55.7 Å². The third-order valence-electron chi connectivity index (χ3n) is 7.90. The normalized spacial score (nSPS) is 16.5. The van der Waals surface area contributed by atoms with Crippen molar-refractivity contribution in [3.8, 4) is 5.69 Å². The van der Waals surface area contributed by atoms with Gasteiger partial charge in [0.1, 0.15) is 0 Å². The van der Waals surface area contributed by atoms with E-state index in [1.54, 1.807) is 12.3 Å². The minimum absolute atomic E-state index is 0.0678. The zero-order valence-electron chi connectivity index (χ0n) is 21.1. The molecule has 1 aliphatic heterocycles. The van der Waals surface area contributed by atoms with Crippen molar-refractivity contribution in [3.63, 3.8) is 0 Å². The molecule has 184 valence electrons. The maximum absolute atomic E-state index is 12.5. The highest BCUT2D eigenvalue weighted by molar-refractivity contribution is 5.77. The highest BCUT2D eigenvalue weighted by atomic mass is 16.1. The smallest absolute Gasteiger partial charge is 0.229 e. The van der Waals surface area contributed by atoms with Gasteiger partial charge in [-0.2, -0.15) is 4.98 Å². The molecule has 0 spiro atoms. The summed E-state index contributed by atoms with van der Waals surface area (Å²) in [6, 6.07) is 17.4. The molecule has 3 heterocycles. The number of aryl methyl sites for hydroxylation is 2. The number of anilines is 2. The van der Waals surface area contributed by atoms with Gasteiger partial charge in [-0.3, -0.25) is 4.79 Å². The Balaban J connectivity index is 1.25. The molecule has 1 saturated heterocycles. The number of hydrogen-bond donors (Lipinski definition) is 1. The van der Waals surface area contributed by atoms with Crippen LogP contribution < -0.4 is 10.7 Å². The summed E-state index contributed by atoms with van der Waals surface area (Å²) in [5, 5.41) is 3.86. The molecule has 6 rings (SSSR count). The van der Waals surface area contributed by atoms with Gasteiger partial charge in [-0.05, 0) is 106 Å². The maximum Gasteiger partial charge on any atom is 0.229 e. The van der Waals surface area contributed by atoms with Crippen LogP contribution in [0.5, 0.6) is 0 Å². The molecule has 6 heteroatoms. The topological polar surface area (TPSA) is 63.1 Å². The number of aromatic nitrogens is 3. The number of hydrogen-bond acceptors (Lipinski definition) is 5. The van der Waals surface area contributed by atoms with E-state index >= 15 is 0 Å². The van der Waals surface area contributed by atoms with Crippen molar-refractivity contribution in [2.24, 2.45) is 0 Å². The van der Waals surface area contributed by atoms with Crippen LogP contribution in [0.4, 0.5) is 11.6 Å².